The van der Waals surface area contributed by atoms with Crippen LogP contribution in [0.1, 0.15) is 18.4 Å². The van der Waals surface area contributed by atoms with Crippen LogP contribution in [0.15, 0.2) is 30.6 Å². The Morgan fingerprint density at radius 2 is 1.88 bits per heavy atom. The molecule has 1 aromatic heterocycles. The molecule has 4 heteroatoms. The van der Waals surface area contributed by atoms with Gasteiger partial charge in [0.2, 0.25) is 5.91 Å². The van der Waals surface area contributed by atoms with E-state index in [0.29, 0.717) is 0 Å². The summed E-state index contributed by atoms with van der Waals surface area (Å²) in [7, 11) is 0. The number of hydrogen-bond acceptors (Lipinski definition) is 2. The van der Waals surface area contributed by atoms with Gasteiger partial charge in [0, 0.05) is 31.6 Å². The summed E-state index contributed by atoms with van der Waals surface area (Å²) in [4.78, 5) is 17.4. The van der Waals surface area contributed by atoms with E-state index in [4.69, 9.17) is 0 Å². The highest BCUT2D eigenvalue weighted by molar-refractivity contribution is 5.91. The number of amides is 1. The second-order valence-corrected chi connectivity index (χ2v) is 3.65. The summed E-state index contributed by atoms with van der Waals surface area (Å²) in [6.07, 6.45) is 9.19. The molecule has 1 aliphatic rings. The molecular weight excluding hydrogens is 224 g/mol. The van der Waals surface area contributed by atoms with E-state index in [9.17, 15) is 4.79 Å². The maximum Gasteiger partial charge on any atom is 0.246 e. The van der Waals surface area contributed by atoms with E-state index >= 15 is 0 Å². The fourth-order valence-corrected chi connectivity index (χ4v) is 1.68. The van der Waals surface area contributed by atoms with Crippen LogP contribution in [0.3, 0.4) is 0 Å². The number of aromatic nitrogens is 1. The average molecular weight is 239 g/mol. The van der Waals surface area contributed by atoms with E-state index in [1.54, 1.807) is 18.5 Å². The Kier molecular flexibility index (Phi) is 4.99. The van der Waals surface area contributed by atoms with Crippen molar-refractivity contribution in [3.05, 3.63) is 36.2 Å². The lowest BCUT2D eigenvalue weighted by Gasteiger charge is -2.11. The van der Waals surface area contributed by atoms with Crippen LogP contribution in [-0.4, -0.2) is 28.9 Å². The van der Waals surface area contributed by atoms with Gasteiger partial charge in [-0.05, 0) is 36.6 Å². The molecule has 0 saturated carbocycles. The van der Waals surface area contributed by atoms with Gasteiger partial charge in [-0.25, -0.2) is 0 Å². The van der Waals surface area contributed by atoms with Crippen LogP contribution in [0.25, 0.3) is 6.08 Å². The third kappa shape index (κ3) is 3.35. The van der Waals surface area contributed by atoms with Gasteiger partial charge in [0.05, 0.1) is 0 Å². The molecule has 86 valence electrons. The summed E-state index contributed by atoms with van der Waals surface area (Å²) < 4.78 is 0. The van der Waals surface area contributed by atoms with Gasteiger partial charge in [-0.1, -0.05) is 0 Å². The lowest BCUT2D eigenvalue weighted by atomic mass is 10.2. The fraction of sp³-hybridized carbons (Fsp3) is 0.333. The van der Waals surface area contributed by atoms with Gasteiger partial charge < -0.3 is 4.90 Å². The molecule has 1 amide bonds. The fourth-order valence-electron chi connectivity index (χ4n) is 1.68. The molecule has 1 aromatic rings. The van der Waals surface area contributed by atoms with E-state index in [1.165, 1.54) is 0 Å². The van der Waals surface area contributed by atoms with Crippen LogP contribution in [0.4, 0.5) is 0 Å². The SMILES string of the molecule is Cl.O=C(/C=C/c1ccncc1)N1CCCC1. The van der Waals surface area contributed by atoms with Crippen molar-refractivity contribution in [2.75, 3.05) is 13.1 Å². The van der Waals surface area contributed by atoms with Crippen molar-refractivity contribution in [3.8, 4) is 0 Å². The third-order valence-electron chi connectivity index (χ3n) is 2.54. The summed E-state index contributed by atoms with van der Waals surface area (Å²) in [5, 5.41) is 0. The minimum Gasteiger partial charge on any atom is -0.339 e. The van der Waals surface area contributed by atoms with Crippen LogP contribution < -0.4 is 0 Å². The molecule has 1 aliphatic heterocycles. The van der Waals surface area contributed by atoms with E-state index in [2.05, 4.69) is 4.98 Å². The Labute approximate surface area is 102 Å². The zero-order valence-electron chi connectivity index (χ0n) is 9.00. The molecule has 2 heterocycles. The summed E-state index contributed by atoms with van der Waals surface area (Å²) in [5.41, 5.74) is 1.01. The van der Waals surface area contributed by atoms with Crippen molar-refractivity contribution in [2.45, 2.75) is 12.8 Å². The monoisotopic (exact) mass is 238 g/mol. The third-order valence-corrected chi connectivity index (χ3v) is 2.54. The minimum atomic E-state index is 0. The molecule has 16 heavy (non-hydrogen) atoms. The van der Waals surface area contributed by atoms with E-state index < -0.39 is 0 Å². The van der Waals surface area contributed by atoms with Gasteiger partial charge in [-0.3, -0.25) is 9.78 Å². The lowest BCUT2D eigenvalue weighted by Crippen LogP contribution is -2.25. The number of carbonyl (C=O) groups is 1. The predicted octanol–water partition coefficient (Wildman–Crippen LogP) is 2.14. The van der Waals surface area contributed by atoms with Crippen LogP contribution in [0, 0.1) is 0 Å². The van der Waals surface area contributed by atoms with Crippen molar-refractivity contribution in [3.63, 3.8) is 0 Å². The van der Waals surface area contributed by atoms with Gasteiger partial charge in [0.1, 0.15) is 0 Å². The Morgan fingerprint density at radius 1 is 1.25 bits per heavy atom. The smallest absolute Gasteiger partial charge is 0.246 e. The summed E-state index contributed by atoms with van der Waals surface area (Å²) >= 11 is 0. The van der Waals surface area contributed by atoms with Crippen molar-refractivity contribution >= 4 is 24.4 Å². The van der Waals surface area contributed by atoms with Gasteiger partial charge in [-0.15, -0.1) is 12.4 Å². The first-order valence-corrected chi connectivity index (χ1v) is 5.23. The molecule has 0 unspecified atom stereocenters. The van der Waals surface area contributed by atoms with Gasteiger partial charge in [0.15, 0.2) is 0 Å². The second-order valence-electron chi connectivity index (χ2n) is 3.65. The van der Waals surface area contributed by atoms with Crippen LogP contribution >= 0.6 is 12.4 Å². The number of halogens is 1. The highest BCUT2D eigenvalue weighted by Gasteiger charge is 2.14. The number of pyridine rings is 1. The maximum atomic E-state index is 11.6. The molecule has 1 fully saturated rings. The quantitative estimate of drug-likeness (QED) is 0.740. The first kappa shape index (κ1) is 12.7. The number of carbonyl (C=O) groups excluding carboxylic acids is 1. The molecule has 0 aliphatic carbocycles. The molecule has 0 aromatic carbocycles. The standard InChI is InChI=1S/C12H14N2O.ClH/c15-12(14-9-1-2-10-14)4-3-11-5-7-13-8-6-11;/h3-8H,1-2,9-10H2;1H/b4-3+;. The lowest BCUT2D eigenvalue weighted by molar-refractivity contribution is -0.124. The average Bonchev–Trinajstić information content (AvgIpc) is 2.81. The van der Waals surface area contributed by atoms with Gasteiger partial charge in [0.25, 0.3) is 0 Å². The van der Waals surface area contributed by atoms with E-state index in [-0.39, 0.29) is 18.3 Å². The summed E-state index contributed by atoms with van der Waals surface area (Å²) in [6.45, 7) is 1.80. The molecule has 0 radical (unpaired) electrons. The zero-order chi connectivity index (χ0) is 10.5. The normalized spacial score (nSPS) is 15.1. The van der Waals surface area contributed by atoms with Crippen LogP contribution in [-0.2, 0) is 4.79 Å². The molecular formula is C12H15ClN2O. The van der Waals surface area contributed by atoms with Gasteiger partial charge >= 0.3 is 0 Å². The Balaban J connectivity index is 0.00000128. The molecule has 0 bridgehead atoms. The van der Waals surface area contributed by atoms with Crippen molar-refractivity contribution in [1.82, 2.24) is 9.88 Å². The van der Waals surface area contributed by atoms with Crippen LogP contribution in [0.5, 0.6) is 0 Å². The molecule has 1 saturated heterocycles. The number of likely N-dealkylation sites (tertiary alicyclic amines) is 1. The van der Waals surface area contributed by atoms with Crippen LogP contribution in [0.2, 0.25) is 0 Å². The Morgan fingerprint density at radius 3 is 2.50 bits per heavy atom. The second kappa shape index (κ2) is 6.28. The Bertz CT molecular complexity index is 359. The number of hydrogen-bond donors (Lipinski definition) is 0. The highest BCUT2D eigenvalue weighted by atomic mass is 35.5. The predicted molar refractivity (Wildman–Crippen MR) is 66.3 cm³/mol. The first-order valence-electron chi connectivity index (χ1n) is 5.23. The maximum absolute atomic E-state index is 11.6. The van der Waals surface area contributed by atoms with Crippen molar-refractivity contribution < 1.29 is 4.79 Å². The summed E-state index contributed by atoms with van der Waals surface area (Å²) in [6, 6.07) is 3.77. The molecule has 2 rings (SSSR count). The molecule has 3 nitrogen and oxygen atoms in total. The topological polar surface area (TPSA) is 33.2 Å². The minimum absolute atomic E-state index is 0. The van der Waals surface area contributed by atoms with Gasteiger partial charge in [-0.2, -0.15) is 0 Å². The molecule has 0 atom stereocenters. The zero-order valence-corrected chi connectivity index (χ0v) is 9.82. The number of rotatable bonds is 2. The highest BCUT2D eigenvalue weighted by Crippen LogP contribution is 2.08. The van der Waals surface area contributed by atoms with E-state index in [1.807, 2.05) is 23.1 Å². The summed E-state index contributed by atoms with van der Waals surface area (Å²) in [5.74, 6) is 0.115. The van der Waals surface area contributed by atoms with Crippen molar-refractivity contribution in [1.29, 1.82) is 0 Å². The molecule has 0 N–H and O–H groups in total. The first-order chi connectivity index (χ1) is 7.36. The largest absolute Gasteiger partial charge is 0.339 e. The number of nitrogens with zero attached hydrogens (tertiary/aromatic N) is 2. The van der Waals surface area contributed by atoms with Crippen molar-refractivity contribution in [2.24, 2.45) is 0 Å². The molecule has 0 spiro atoms. The Hall–Kier alpha value is -1.35. The van der Waals surface area contributed by atoms with E-state index in [0.717, 1.165) is 31.5 Å².